The van der Waals surface area contributed by atoms with Crippen LogP contribution >= 0.6 is 0 Å². The van der Waals surface area contributed by atoms with Crippen molar-refractivity contribution in [2.24, 2.45) is 7.05 Å². The lowest BCUT2D eigenvalue weighted by Gasteiger charge is -2.26. The second-order valence-corrected chi connectivity index (χ2v) is 16.2. The summed E-state index contributed by atoms with van der Waals surface area (Å²) in [5.41, 5.74) is -0.0588. The third kappa shape index (κ3) is 8.21. The zero-order chi connectivity index (χ0) is 44.9. The monoisotopic (exact) mass is 911 g/mol. The largest absolute Gasteiger partial charge is 0.479 e. The lowest BCUT2D eigenvalue weighted by atomic mass is 9.80. The Morgan fingerprint density at radius 1 is 0.730 bits per heavy atom. The summed E-state index contributed by atoms with van der Waals surface area (Å²) in [6, 6.07) is 22.4. The summed E-state index contributed by atoms with van der Waals surface area (Å²) in [5, 5.41) is 19.0. The van der Waals surface area contributed by atoms with Crippen LogP contribution < -0.4 is 29.9 Å². The summed E-state index contributed by atoms with van der Waals surface area (Å²) in [6.07, 6.45) is 0. The summed E-state index contributed by atoms with van der Waals surface area (Å²) in [6.45, 7) is 1.80. The quantitative estimate of drug-likeness (QED) is 0.0415. The first-order valence-corrected chi connectivity index (χ1v) is 21.5. The van der Waals surface area contributed by atoms with E-state index in [1.807, 2.05) is 0 Å². The molecule has 0 saturated carbocycles. The minimum Gasteiger partial charge on any atom is -0.479 e. The maximum atomic E-state index is 14.6. The van der Waals surface area contributed by atoms with Crippen molar-refractivity contribution in [2.45, 2.75) is 11.8 Å². The first kappa shape index (κ1) is 42.3. The lowest BCUT2D eigenvalue weighted by Crippen LogP contribution is -2.29. The molecule has 1 aliphatic carbocycles. The van der Waals surface area contributed by atoms with Gasteiger partial charge in [-0.1, -0.05) is 54.6 Å². The lowest BCUT2D eigenvalue weighted by molar-refractivity contribution is 0.102. The summed E-state index contributed by atoms with van der Waals surface area (Å²) in [7, 11) is -3.77. The Bertz CT molecular complexity index is 3330. The molecule has 0 saturated heterocycles. The number of nitrogens with one attached hydrogen (secondary N) is 3. The number of anilines is 6. The highest BCUT2D eigenvalue weighted by atomic mass is 32.2. The molecular weight excluding hydrogens is 883 g/mol. The van der Waals surface area contributed by atoms with Gasteiger partial charge in [-0.05, 0) is 54.4 Å². The number of para-hydroxylation sites is 1. The summed E-state index contributed by atoms with van der Waals surface area (Å²) in [5.74, 6) is -2.74. The minimum absolute atomic E-state index is 0.0252. The van der Waals surface area contributed by atoms with Gasteiger partial charge in [0.05, 0.1) is 33.7 Å². The molecule has 7 N–H and O–H groups in total. The Hall–Kier alpha value is -7.41. The van der Waals surface area contributed by atoms with Crippen LogP contribution in [-0.4, -0.2) is 66.7 Å². The van der Waals surface area contributed by atoms with Crippen LogP contribution in [0.1, 0.15) is 37.4 Å². The molecule has 0 aliphatic heterocycles. The van der Waals surface area contributed by atoms with E-state index in [0.717, 1.165) is 11.6 Å². The Morgan fingerprint density at radius 3 is 2.08 bits per heavy atom. The number of benzene rings is 5. The molecule has 0 fully saturated rings. The molecule has 0 spiro atoms. The zero-order valence-electron chi connectivity index (χ0n) is 32.2. The van der Waals surface area contributed by atoms with E-state index in [1.165, 1.54) is 54.1 Å². The molecule has 63 heavy (non-hydrogen) atoms. The summed E-state index contributed by atoms with van der Waals surface area (Å²) >= 11 is -5.81. The second-order valence-electron chi connectivity index (χ2n) is 13.6. The molecule has 2 unspecified atom stereocenters. The Kier molecular flexibility index (Phi) is 11.0. The average Bonchev–Trinajstić information content (AvgIpc) is 3.22. The van der Waals surface area contributed by atoms with Crippen molar-refractivity contribution >= 4 is 90.0 Å². The fourth-order valence-electron chi connectivity index (χ4n) is 7.09. The predicted molar refractivity (Wildman–Crippen MR) is 230 cm³/mol. The fourth-order valence-corrected chi connectivity index (χ4v) is 8.30. The topological polar surface area (TPSA) is 299 Å². The molecule has 20 nitrogen and oxygen atoms in total. The smallest absolute Gasteiger partial charge is 0.357 e. The molecule has 1 aliphatic rings. The number of ketones is 2. The third-order valence-corrected chi connectivity index (χ3v) is 11.3. The standard InChI is InChI=1S/C40H29N7O13S3/c1-19-8-3-6-13-24(19)42-38-44-39(46-40(51)45-38)43-27-17-26(29(60-62(54)55)18-30(27)63(56,57)58)41-25-14-15-28-33-31(22-11-4-5-12-23(22)36(49)32(25)33)34(37(50)47(28)2)35(48)20-9-7-10-21(16-20)59-61(52)53/h3-18,41H,1-2H3,(H,52,53)(H,54,55)(H,56,57,58)(H3,42,43,44,45,46,51). The van der Waals surface area contributed by atoms with Gasteiger partial charge < -0.3 is 34.0 Å². The van der Waals surface area contributed by atoms with Crippen LogP contribution in [0.15, 0.2) is 107 Å². The van der Waals surface area contributed by atoms with E-state index in [1.54, 1.807) is 49.4 Å². The van der Waals surface area contributed by atoms with Crippen molar-refractivity contribution in [3.63, 3.8) is 0 Å². The van der Waals surface area contributed by atoms with Crippen LogP contribution in [0.25, 0.3) is 22.0 Å². The average molecular weight is 912 g/mol. The van der Waals surface area contributed by atoms with Crippen molar-refractivity contribution in [3.8, 4) is 28.6 Å². The van der Waals surface area contributed by atoms with E-state index in [2.05, 4.69) is 30.9 Å². The van der Waals surface area contributed by atoms with Crippen LogP contribution in [0.3, 0.4) is 0 Å². The highest BCUT2D eigenvalue weighted by molar-refractivity contribution is 7.86. The number of aromatic nitrogens is 4. The predicted octanol–water partition coefficient (Wildman–Crippen LogP) is 5.69. The highest BCUT2D eigenvalue weighted by Gasteiger charge is 2.35. The summed E-state index contributed by atoms with van der Waals surface area (Å²) in [4.78, 5) is 54.2. The maximum Gasteiger partial charge on any atom is 0.357 e. The van der Waals surface area contributed by atoms with E-state index in [0.29, 0.717) is 11.8 Å². The molecule has 2 heterocycles. The second kappa shape index (κ2) is 16.5. The number of carbonyl (C=O) groups is 2. The first-order chi connectivity index (χ1) is 30.0. The number of nitrogens with zero attached hydrogens (tertiary/aromatic N) is 4. The molecule has 0 bridgehead atoms. The van der Waals surface area contributed by atoms with Crippen LogP contribution in [0.5, 0.6) is 17.5 Å². The van der Waals surface area contributed by atoms with Crippen molar-refractivity contribution < 1.29 is 53.6 Å². The molecule has 0 amide bonds. The van der Waals surface area contributed by atoms with E-state index < -0.39 is 78.3 Å². The number of rotatable bonds is 13. The van der Waals surface area contributed by atoms with Gasteiger partial charge in [-0.25, -0.2) is 0 Å². The molecule has 0 radical (unpaired) electrons. The van der Waals surface area contributed by atoms with E-state index in [9.17, 15) is 50.0 Å². The SMILES string of the molecule is Cc1ccccc1Nc1nc(O)nc(Nc2cc(Nc3ccc4c5c3C(=O)c3ccccc3-c5c(C(=O)c3cccc(OS(=O)O)c3)c(=O)n4C)c(OS(=O)O)cc2S(=O)(=O)O)n1. The molecular formula is C40H29N7O13S3. The van der Waals surface area contributed by atoms with Gasteiger partial charge in [0.25, 0.3) is 15.7 Å². The van der Waals surface area contributed by atoms with E-state index in [4.69, 9.17) is 8.37 Å². The number of fused-ring (bicyclic) bond motifs is 2. The molecule has 2 aromatic heterocycles. The Labute approximate surface area is 360 Å². The third-order valence-electron chi connectivity index (χ3n) is 9.77. The number of aromatic hydroxyl groups is 1. The normalized spacial score (nSPS) is 12.9. The van der Waals surface area contributed by atoms with Gasteiger partial charge in [0.2, 0.25) is 11.9 Å². The van der Waals surface area contributed by atoms with Crippen LogP contribution in [0, 0.1) is 6.92 Å². The number of carbonyl (C=O) groups excluding carboxylic acids is 2. The van der Waals surface area contributed by atoms with Crippen molar-refractivity contribution in [1.29, 1.82) is 0 Å². The van der Waals surface area contributed by atoms with Gasteiger partial charge in [-0.2, -0.15) is 31.8 Å². The van der Waals surface area contributed by atoms with Crippen molar-refractivity contribution in [1.82, 2.24) is 19.5 Å². The fraction of sp³-hybridized carbons (Fsp3) is 0.0500. The van der Waals surface area contributed by atoms with Crippen LogP contribution in [0.4, 0.5) is 34.6 Å². The van der Waals surface area contributed by atoms with Gasteiger partial charge in [0.1, 0.15) is 10.6 Å². The van der Waals surface area contributed by atoms with Gasteiger partial charge >= 0.3 is 28.7 Å². The molecule has 5 aromatic carbocycles. The van der Waals surface area contributed by atoms with E-state index in [-0.39, 0.29) is 67.4 Å². The highest BCUT2D eigenvalue weighted by Crippen LogP contribution is 2.46. The van der Waals surface area contributed by atoms with Gasteiger partial charge in [0.15, 0.2) is 17.3 Å². The number of pyridine rings is 1. The Morgan fingerprint density at radius 2 is 1.40 bits per heavy atom. The number of hydrogen-bond acceptors (Lipinski definition) is 16. The molecule has 8 rings (SSSR count). The molecule has 23 heteroatoms. The maximum absolute atomic E-state index is 14.6. The molecule has 320 valence electrons. The molecule has 7 aromatic rings. The van der Waals surface area contributed by atoms with Crippen LogP contribution in [0.2, 0.25) is 0 Å². The Balaban J connectivity index is 1.31. The van der Waals surface area contributed by atoms with Gasteiger partial charge in [-0.3, -0.25) is 28.0 Å². The minimum atomic E-state index is -5.16. The number of aryl methyl sites for hydroxylation is 2. The zero-order valence-corrected chi connectivity index (χ0v) is 34.7. The van der Waals surface area contributed by atoms with Crippen LogP contribution in [-0.2, 0) is 39.9 Å². The summed E-state index contributed by atoms with van der Waals surface area (Å²) < 4.78 is 89.5. The molecule has 2 atom stereocenters. The van der Waals surface area contributed by atoms with Gasteiger partial charge in [0, 0.05) is 40.9 Å². The first-order valence-electron chi connectivity index (χ1n) is 18.0. The van der Waals surface area contributed by atoms with Gasteiger partial charge in [-0.15, -0.1) is 0 Å². The number of hydrogen-bond donors (Lipinski definition) is 7. The van der Waals surface area contributed by atoms with E-state index >= 15 is 0 Å². The van der Waals surface area contributed by atoms with Crippen molar-refractivity contribution in [3.05, 3.63) is 135 Å². The van der Waals surface area contributed by atoms with Crippen molar-refractivity contribution in [2.75, 3.05) is 16.0 Å².